The van der Waals surface area contributed by atoms with Crippen molar-refractivity contribution in [3.05, 3.63) is 81.4 Å². The maximum Gasteiger partial charge on any atom is 0.254 e. The molecule has 0 bridgehead atoms. The molecule has 0 amide bonds. The number of para-hydroxylation sites is 2. The number of aromatic amines is 1. The summed E-state index contributed by atoms with van der Waals surface area (Å²) in [5.41, 5.74) is 4.84. The fourth-order valence-electron chi connectivity index (χ4n) is 5.20. The Morgan fingerprint density at radius 3 is 3.00 bits per heavy atom. The van der Waals surface area contributed by atoms with E-state index < -0.39 is 6.04 Å². The van der Waals surface area contributed by atoms with E-state index in [9.17, 15) is 4.79 Å². The second kappa shape index (κ2) is 8.12. The normalized spacial score (nSPS) is 18.7. The summed E-state index contributed by atoms with van der Waals surface area (Å²) in [7, 11) is 0. The molecule has 0 saturated carbocycles. The summed E-state index contributed by atoms with van der Waals surface area (Å²) in [6, 6.07) is 16.0. The van der Waals surface area contributed by atoms with E-state index in [0.717, 1.165) is 54.6 Å². The van der Waals surface area contributed by atoms with Crippen LogP contribution in [0.2, 0.25) is 0 Å². The van der Waals surface area contributed by atoms with E-state index in [2.05, 4.69) is 43.6 Å². The standard InChI is InChI=1S/C25H26N6O2/c1-16-6-4-8-18-14-20(25(32)26-22(16)18)23(30-12-11-17-7-2-3-10-21(17)30)24-27-28-29-31(24)15-19-9-5-13-33-19/h2-4,6-8,10,14,19,23H,5,9,11-13,15H2,1H3,(H,26,32)/t19-,23+/m1/s1. The van der Waals surface area contributed by atoms with Crippen LogP contribution in [0.3, 0.4) is 0 Å². The third-order valence-corrected chi connectivity index (χ3v) is 6.85. The molecular formula is C25H26N6O2. The van der Waals surface area contributed by atoms with Crippen molar-refractivity contribution >= 4 is 16.6 Å². The number of fused-ring (bicyclic) bond motifs is 2. The van der Waals surface area contributed by atoms with Crippen LogP contribution in [0.1, 0.15) is 41.4 Å². The molecule has 2 aromatic carbocycles. The molecular weight excluding hydrogens is 416 g/mol. The van der Waals surface area contributed by atoms with Gasteiger partial charge in [0.1, 0.15) is 6.04 Å². The molecule has 6 rings (SSSR count). The first-order valence-electron chi connectivity index (χ1n) is 11.5. The molecule has 4 heterocycles. The first-order chi connectivity index (χ1) is 16.2. The van der Waals surface area contributed by atoms with Gasteiger partial charge in [-0.05, 0) is 65.3 Å². The molecule has 2 atom stereocenters. The van der Waals surface area contributed by atoms with Gasteiger partial charge in [0.25, 0.3) is 5.56 Å². The highest BCUT2D eigenvalue weighted by atomic mass is 16.5. The van der Waals surface area contributed by atoms with Crippen LogP contribution in [0.15, 0.2) is 53.3 Å². The molecule has 2 aliphatic heterocycles. The van der Waals surface area contributed by atoms with Crippen molar-refractivity contribution in [3.63, 3.8) is 0 Å². The second-order valence-corrected chi connectivity index (χ2v) is 8.92. The number of hydrogen-bond donors (Lipinski definition) is 1. The Labute approximate surface area is 191 Å². The second-order valence-electron chi connectivity index (χ2n) is 8.92. The molecule has 0 radical (unpaired) electrons. The molecule has 33 heavy (non-hydrogen) atoms. The van der Waals surface area contributed by atoms with Crippen LogP contribution in [-0.4, -0.2) is 44.4 Å². The number of nitrogens with one attached hydrogen (secondary N) is 1. The molecule has 0 unspecified atom stereocenters. The van der Waals surface area contributed by atoms with Gasteiger partial charge >= 0.3 is 0 Å². The monoisotopic (exact) mass is 442 g/mol. The van der Waals surface area contributed by atoms with Crippen LogP contribution in [0.25, 0.3) is 10.9 Å². The van der Waals surface area contributed by atoms with Crippen molar-refractivity contribution in [2.24, 2.45) is 0 Å². The lowest BCUT2D eigenvalue weighted by Crippen LogP contribution is -2.35. The molecule has 0 aliphatic carbocycles. The number of tetrazole rings is 1. The van der Waals surface area contributed by atoms with Gasteiger partial charge in [0.15, 0.2) is 5.82 Å². The number of nitrogens with zero attached hydrogens (tertiary/aromatic N) is 5. The predicted octanol–water partition coefficient (Wildman–Crippen LogP) is 3.15. The Morgan fingerprint density at radius 2 is 2.12 bits per heavy atom. The van der Waals surface area contributed by atoms with Crippen LogP contribution < -0.4 is 10.5 Å². The zero-order valence-electron chi connectivity index (χ0n) is 18.6. The van der Waals surface area contributed by atoms with Gasteiger partial charge in [-0.1, -0.05) is 36.4 Å². The van der Waals surface area contributed by atoms with Crippen molar-refractivity contribution in [1.82, 2.24) is 25.2 Å². The molecule has 8 heteroatoms. The number of H-pyrrole nitrogens is 1. The van der Waals surface area contributed by atoms with Crippen LogP contribution in [-0.2, 0) is 17.7 Å². The highest BCUT2D eigenvalue weighted by molar-refractivity contribution is 5.82. The van der Waals surface area contributed by atoms with Crippen LogP contribution in [0, 0.1) is 6.92 Å². The zero-order valence-corrected chi connectivity index (χ0v) is 18.6. The summed E-state index contributed by atoms with van der Waals surface area (Å²) < 4.78 is 7.67. The van der Waals surface area contributed by atoms with Gasteiger partial charge in [0, 0.05) is 24.4 Å². The number of pyridine rings is 1. The van der Waals surface area contributed by atoms with Crippen molar-refractivity contribution in [2.45, 2.75) is 44.9 Å². The van der Waals surface area contributed by atoms with E-state index in [4.69, 9.17) is 4.74 Å². The minimum absolute atomic E-state index is 0.0938. The maximum atomic E-state index is 13.5. The number of rotatable bonds is 5. The maximum absolute atomic E-state index is 13.5. The van der Waals surface area contributed by atoms with Gasteiger partial charge in [-0.15, -0.1) is 5.10 Å². The van der Waals surface area contributed by atoms with Gasteiger partial charge < -0.3 is 14.6 Å². The van der Waals surface area contributed by atoms with Gasteiger partial charge in [0.05, 0.1) is 18.2 Å². The summed E-state index contributed by atoms with van der Waals surface area (Å²) in [5.74, 6) is 0.666. The average Bonchev–Trinajstić information content (AvgIpc) is 3.58. The minimum Gasteiger partial charge on any atom is -0.376 e. The summed E-state index contributed by atoms with van der Waals surface area (Å²) in [4.78, 5) is 18.8. The lowest BCUT2D eigenvalue weighted by Gasteiger charge is -2.29. The van der Waals surface area contributed by atoms with Crippen LogP contribution in [0.5, 0.6) is 0 Å². The molecule has 2 aromatic heterocycles. The molecule has 168 valence electrons. The first kappa shape index (κ1) is 20.1. The summed E-state index contributed by atoms with van der Waals surface area (Å²) in [5, 5.41) is 13.8. The van der Waals surface area contributed by atoms with E-state index >= 15 is 0 Å². The minimum atomic E-state index is -0.404. The SMILES string of the molecule is Cc1cccc2cc([C@@H](c3nnnn3C[C@H]3CCCO3)N3CCc4ccccc43)c(=O)[nH]c12. The number of aryl methyl sites for hydroxylation is 1. The van der Waals surface area contributed by atoms with E-state index in [-0.39, 0.29) is 11.7 Å². The fraction of sp³-hybridized carbons (Fsp3) is 0.360. The van der Waals surface area contributed by atoms with E-state index in [1.165, 1.54) is 5.56 Å². The van der Waals surface area contributed by atoms with Crippen molar-refractivity contribution < 1.29 is 4.74 Å². The van der Waals surface area contributed by atoms with E-state index in [1.807, 2.05) is 41.9 Å². The van der Waals surface area contributed by atoms with E-state index in [0.29, 0.717) is 17.9 Å². The summed E-state index contributed by atoms with van der Waals surface area (Å²) in [6.45, 7) is 4.16. The summed E-state index contributed by atoms with van der Waals surface area (Å²) >= 11 is 0. The predicted molar refractivity (Wildman–Crippen MR) is 125 cm³/mol. The van der Waals surface area contributed by atoms with Crippen molar-refractivity contribution in [1.29, 1.82) is 0 Å². The lowest BCUT2D eigenvalue weighted by atomic mass is 10.0. The third kappa shape index (κ3) is 3.51. The number of aromatic nitrogens is 5. The van der Waals surface area contributed by atoms with E-state index in [1.54, 1.807) is 0 Å². The Kier molecular flexibility index (Phi) is 4.95. The van der Waals surface area contributed by atoms with Gasteiger partial charge in [-0.25, -0.2) is 4.68 Å². The quantitative estimate of drug-likeness (QED) is 0.511. The summed E-state index contributed by atoms with van der Waals surface area (Å²) in [6.07, 6.45) is 3.06. The number of benzene rings is 2. The molecule has 4 aromatic rings. The Morgan fingerprint density at radius 1 is 1.21 bits per heavy atom. The Hall–Kier alpha value is -3.52. The van der Waals surface area contributed by atoms with Crippen LogP contribution >= 0.6 is 0 Å². The highest BCUT2D eigenvalue weighted by Gasteiger charge is 2.35. The van der Waals surface area contributed by atoms with Crippen molar-refractivity contribution in [3.8, 4) is 0 Å². The Balaban J connectivity index is 1.52. The zero-order chi connectivity index (χ0) is 22.4. The third-order valence-electron chi connectivity index (χ3n) is 6.85. The molecule has 1 fully saturated rings. The number of anilines is 1. The Bertz CT molecular complexity index is 1370. The highest BCUT2D eigenvalue weighted by Crippen LogP contribution is 2.37. The van der Waals surface area contributed by atoms with Gasteiger partial charge in [-0.3, -0.25) is 4.79 Å². The van der Waals surface area contributed by atoms with Crippen LogP contribution in [0.4, 0.5) is 5.69 Å². The topological polar surface area (TPSA) is 88.9 Å². The number of hydrogen-bond acceptors (Lipinski definition) is 6. The number of ether oxygens (including phenoxy) is 1. The largest absolute Gasteiger partial charge is 0.376 e. The smallest absolute Gasteiger partial charge is 0.254 e. The van der Waals surface area contributed by atoms with Gasteiger partial charge in [-0.2, -0.15) is 0 Å². The molecule has 1 saturated heterocycles. The molecule has 8 nitrogen and oxygen atoms in total. The molecule has 2 aliphatic rings. The average molecular weight is 443 g/mol. The molecule has 1 N–H and O–H groups in total. The first-order valence-corrected chi connectivity index (χ1v) is 11.5. The molecule has 0 spiro atoms. The lowest BCUT2D eigenvalue weighted by molar-refractivity contribution is 0.0924. The van der Waals surface area contributed by atoms with Crippen molar-refractivity contribution in [2.75, 3.05) is 18.1 Å². The fourth-order valence-corrected chi connectivity index (χ4v) is 5.20. The van der Waals surface area contributed by atoms with Gasteiger partial charge in [0.2, 0.25) is 0 Å².